The Labute approximate surface area is 94.3 Å². The standard InChI is InChI=1S/C10H18N2O4/c1-10(4-3-5-10)12-9(15)11-7(6-16-2)8(13)14/h7H,3-6H2,1-2H3,(H,13,14)(H2,11,12,15). The predicted molar refractivity (Wildman–Crippen MR) is 57.2 cm³/mol. The first-order valence-electron chi connectivity index (χ1n) is 5.27. The molecule has 3 N–H and O–H groups in total. The summed E-state index contributed by atoms with van der Waals surface area (Å²) < 4.78 is 4.71. The van der Waals surface area contributed by atoms with E-state index in [9.17, 15) is 9.59 Å². The Kier molecular flexibility index (Phi) is 4.12. The van der Waals surface area contributed by atoms with Crippen molar-refractivity contribution in [2.75, 3.05) is 13.7 Å². The van der Waals surface area contributed by atoms with Gasteiger partial charge < -0.3 is 20.5 Å². The van der Waals surface area contributed by atoms with E-state index in [-0.39, 0.29) is 12.1 Å². The van der Waals surface area contributed by atoms with E-state index < -0.39 is 18.0 Å². The van der Waals surface area contributed by atoms with E-state index in [4.69, 9.17) is 9.84 Å². The molecular formula is C10H18N2O4. The fourth-order valence-electron chi connectivity index (χ4n) is 1.64. The highest BCUT2D eigenvalue weighted by Gasteiger charge is 2.34. The first-order chi connectivity index (χ1) is 7.47. The van der Waals surface area contributed by atoms with Gasteiger partial charge in [0.1, 0.15) is 0 Å². The van der Waals surface area contributed by atoms with E-state index in [1.54, 1.807) is 0 Å². The van der Waals surface area contributed by atoms with Gasteiger partial charge in [-0.1, -0.05) is 0 Å². The summed E-state index contributed by atoms with van der Waals surface area (Å²) in [5.41, 5.74) is -0.180. The summed E-state index contributed by atoms with van der Waals surface area (Å²) >= 11 is 0. The van der Waals surface area contributed by atoms with Gasteiger partial charge in [0.2, 0.25) is 0 Å². The van der Waals surface area contributed by atoms with Crippen molar-refractivity contribution in [1.29, 1.82) is 0 Å². The highest BCUT2D eigenvalue weighted by Crippen LogP contribution is 2.30. The molecule has 1 rings (SSSR count). The van der Waals surface area contributed by atoms with E-state index in [2.05, 4.69) is 10.6 Å². The van der Waals surface area contributed by atoms with Crippen LogP contribution in [-0.2, 0) is 9.53 Å². The molecule has 1 fully saturated rings. The molecule has 0 heterocycles. The summed E-state index contributed by atoms with van der Waals surface area (Å²) in [5.74, 6) is -1.10. The molecule has 0 aliphatic heterocycles. The zero-order chi connectivity index (χ0) is 12.2. The van der Waals surface area contributed by atoms with Crippen molar-refractivity contribution >= 4 is 12.0 Å². The van der Waals surface area contributed by atoms with Crippen LogP contribution in [0, 0.1) is 0 Å². The number of carbonyl (C=O) groups is 2. The number of carbonyl (C=O) groups excluding carboxylic acids is 1. The molecular weight excluding hydrogens is 212 g/mol. The number of rotatable bonds is 5. The summed E-state index contributed by atoms with van der Waals surface area (Å²) in [7, 11) is 1.39. The predicted octanol–water partition coefficient (Wildman–Crippen LogP) is 0.328. The summed E-state index contributed by atoms with van der Waals surface area (Å²) in [5, 5.41) is 13.9. The van der Waals surface area contributed by atoms with Gasteiger partial charge in [0.05, 0.1) is 6.61 Å². The number of amides is 2. The Morgan fingerprint density at radius 2 is 2.12 bits per heavy atom. The van der Waals surface area contributed by atoms with Crippen LogP contribution in [-0.4, -0.2) is 42.4 Å². The molecule has 6 nitrogen and oxygen atoms in total. The zero-order valence-electron chi connectivity index (χ0n) is 9.58. The van der Waals surface area contributed by atoms with Gasteiger partial charge in [0, 0.05) is 12.6 Å². The Morgan fingerprint density at radius 3 is 2.50 bits per heavy atom. The smallest absolute Gasteiger partial charge is 0.328 e. The van der Waals surface area contributed by atoms with Crippen LogP contribution in [0.25, 0.3) is 0 Å². The minimum atomic E-state index is -1.10. The van der Waals surface area contributed by atoms with Crippen LogP contribution in [0.3, 0.4) is 0 Å². The molecule has 0 aromatic heterocycles. The molecule has 92 valence electrons. The second kappa shape index (κ2) is 5.16. The van der Waals surface area contributed by atoms with Crippen molar-refractivity contribution in [3.8, 4) is 0 Å². The van der Waals surface area contributed by atoms with Gasteiger partial charge in [-0.3, -0.25) is 0 Å². The van der Waals surface area contributed by atoms with Gasteiger partial charge in [0.25, 0.3) is 0 Å². The third kappa shape index (κ3) is 3.37. The third-order valence-corrected chi connectivity index (χ3v) is 2.81. The van der Waals surface area contributed by atoms with Crippen LogP contribution >= 0.6 is 0 Å². The van der Waals surface area contributed by atoms with E-state index in [0.29, 0.717) is 0 Å². The number of aliphatic carboxylic acids is 1. The average Bonchev–Trinajstić information content (AvgIpc) is 2.14. The Morgan fingerprint density at radius 1 is 1.50 bits per heavy atom. The van der Waals surface area contributed by atoms with Crippen molar-refractivity contribution in [3.05, 3.63) is 0 Å². The molecule has 0 saturated heterocycles. The van der Waals surface area contributed by atoms with Gasteiger partial charge in [-0.25, -0.2) is 9.59 Å². The fraction of sp³-hybridized carbons (Fsp3) is 0.800. The summed E-state index contributed by atoms with van der Waals surface area (Å²) in [4.78, 5) is 22.3. The maximum Gasteiger partial charge on any atom is 0.328 e. The molecule has 0 spiro atoms. The molecule has 1 saturated carbocycles. The number of ether oxygens (including phenoxy) is 1. The monoisotopic (exact) mass is 230 g/mol. The van der Waals surface area contributed by atoms with E-state index in [1.165, 1.54) is 7.11 Å². The number of carboxylic acid groups (broad SMARTS) is 1. The summed E-state index contributed by atoms with van der Waals surface area (Å²) in [6.45, 7) is 1.90. The number of carboxylic acids is 1. The van der Waals surface area contributed by atoms with Gasteiger partial charge >= 0.3 is 12.0 Å². The average molecular weight is 230 g/mol. The SMILES string of the molecule is COCC(NC(=O)NC1(C)CCC1)C(=O)O. The molecule has 0 radical (unpaired) electrons. The molecule has 6 heteroatoms. The lowest BCUT2D eigenvalue weighted by atomic mass is 9.79. The van der Waals surface area contributed by atoms with Crippen LogP contribution in [0.15, 0.2) is 0 Å². The summed E-state index contributed by atoms with van der Waals surface area (Å²) in [6, 6.07) is -1.46. The lowest BCUT2D eigenvalue weighted by molar-refractivity contribution is -0.140. The number of nitrogens with one attached hydrogen (secondary N) is 2. The molecule has 16 heavy (non-hydrogen) atoms. The van der Waals surface area contributed by atoms with Crippen molar-refractivity contribution in [2.45, 2.75) is 37.8 Å². The second-order valence-corrected chi connectivity index (χ2v) is 4.36. The maximum absolute atomic E-state index is 11.5. The van der Waals surface area contributed by atoms with Gasteiger partial charge in [-0.15, -0.1) is 0 Å². The molecule has 1 aliphatic rings. The van der Waals surface area contributed by atoms with Crippen molar-refractivity contribution in [3.63, 3.8) is 0 Å². The van der Waals surface area contributed by atoms with Crippen molar-refractivity contribution in [1.82, 2.24) is 10.6 Å². The Bertz CT molecular complexity index is 276. The minimum absolute atomic E-state index is 0.0422. The van der Waals surface area contributed by atoms with E-state index in [1.807, 2.05) is 6.92 Å². The van der Waals surface area contributed by atoms with Crippen molar-refractivity contribution < 1.29 is 19.4 Å². The number of hydrogen-bond donors (Lipinski definition) is 3. The third-order valence-electron chi connectivity index (χ3n) is 2.81. The second-order valence-electron chi connectivity index (χ2n) is 4.36. The molecule has 0 aromatic carbocycles. The number of methoxy groups -OCH3 is 1. The Hall–Kier alpha value is -1.30. The lowest BCUT2D eigenvalue weighted by Gasteiger charge is -2.39. The highest BCUT2D eigenvalue weighted by atomic mass is 16.5. The molecule has 0 aromatic rings. The number of urea groups is 1. The van der Waals surface area contributed by atoms with Crippen LogP contribution in [0.4, 0.5) is 4.79 Å². The minimum Gasteiger partial charge on any atom is -0.480 e. The van der Waals surface area contributed by atoms with Crippen LogP contribution in [0.2, 0.25) is 0 Å². The molecule has 0 bridgehead atoms. The quantitative estimate of drug-likeness (QED) is 0.635. The van der Waals surface area contributed by atoms with Crippen LogP contribution < -0.4 is 10.6 Å². The zero-order valence-corrected chi connectivity index (χ0v) is 9.58. The lowest BCUT2D eigenvalue weighted by Crippen LogP contribution is -2.57. The van der Waals surface area contributed by atoms with Crippen LogP contribution in [0.5, 0.6) is 0 Å². The molecule has 2 amide bonds. The highest BCUT2D eigenvalue weighted by molar-refractivity contribution is 5.83. The van der Waals surface area contributed by atoms with Gasteiger partial charge in [-0.05, 0) is 26.2 Å². The first kappa shape index (κ1) is 12.8. The van der Waals surface area contributed by atoms with Gasteiger partial charge in [-0.2, -0.15) is 0 Å². The first-order valence-corrected chi connectivity index (χ1v) is 5.27. The molecule has 1 atom stereocenters. The van der Waals surface area contributed by atoms with Gasteiger partial charge in [0.15, 0.2) is 6.04 Å². The fourth-order valence-corrected chi connectivity index (χ4v) is 1.64. The number of hydrogen-bond acceptors (Lipinski definition) is 3. The van der Waals surface area contributed by atoms with E-state index in [0.717, 1.165) is 19.3 Å². The topological polar surface area (TPSA) is 87.7 Å². The van der Waals surface area contributed by atoms with Crippen molar-refractivity contribution in [2.24, 2.45) is 0 Å². The summed E-state index contributed by atoms with van der Waals surface area (Å²) in [6.07, 6.45) is 2.96. The van der Waals surface area contributed by atoms with Crippen LogP contribution in [0.1, 0.15) is 26.2 Å². The normalized spacial score (nSPS) is 19.4. The maximum atomic E-state index is 11.5. The largest absolute Gasteiger partial charge is 0.480 e. The Balaban J connectivity index is 2.39. The van der Waals surface area contributed by atoms with E-state index >= 15 is 0 Å². The molecule has 1 aliphatic carbocycles. The molecule has 1 unspecified atom stereocenters.